The van der Waals surface area contributed by atoms with Crippen LogP contribution in [0, 0.1) is 0 Å². The van der Waals surface area contributed by atoms with Crippen molar-refractivity contribution in [3.8, 4) is 11.4 Å². The highest BCUT2D eigenvalue weighted by Gasteiger charge is 2.27. The summed E-state index contributed by atoms with van der Waals surface area (Å²) in [6.07, 6.45) is 7.26. The number of hydrogen-bond donors (Lipinski definition) is 1. The Morgan fingerprint density at radius 3 is 3.07 bits per heavy atom. The molecule has 0 saturated carbocycles. The number of likely N-dealkylation sites (N-methyl/N-ethyl adjacent to an activating group) is 1. The molecule has 6 nitrogen and oxygen atoms in total. The van der Waals surface area contributed by atoms with E-state index in [-0.39, 0.29) is 12.1 Å². The van der Waals surface area contributed by atoms with Gasteiger partial charge in [0.2, 0.25) is 0 Å². The second kappa shape index (κ2) is 7.39. The van der Waals surface area contributed by atoms with Gasteiger partial charge in [-0.3, -0.25) is 4.98 Å². The lowest BCUT2D eigenvalue weighted by molar-refractivity contribution is -0.0259. The SMILES string of the molecule is CC(Nc1nc(-c2cccnc2)nc2sc3c(c12)CCC3)C1CN(C)CCO1. The summed E-state index contributed by atoms with van der Waals surface area (Å²) in [7, 11) is 2.15. The zero-order valence-electron chi connectivity index (χ0n) is 16.3. The van der Waals surface area contributed by atoms with Crippen molar-refractivity contribution in [1.82, 2.24) is 19.9 Å². The van der Waals surface area contributed by atoms with Gasteiger partial charge in [0.1, 0.15) is 10.6 Å². The molecule has 5 rings (SSSR count). The molecule has 2 unspecified atom stereocenters. The number of aromatic nitrogens is 3. The lowest BCUT2D eigenvalue weighted by Gasteiger charge is -2.34. The van der Waals surface area contributed by atoms with E-state index in [4.69, 9.17) is 14.7 Å². The molecule has 1 fully saturated rings. The average Bonchev–Trinajstić information content (AvgIpc) is 3.29. The molecule has 7 heteroatoms. The minimum atomic E-state index is 0.150. The Morgan fingerprint density at radius 1 is 1.32 bits per heavy atom. The number of ether oxygens (including phenoxy) is 1. The highest BCUT2D eigenvalue weighted by Crippen LogP contribution is 2.40. The Balaban J connectivity index is 1.55. The standard InChI is InChI=1S/C21H25N5OS/c1-13(16-12-26(2)9-10-27-16)23-20-18-15-6-3-7-17(15)28-21(18)25-19(24-20)14-5-4-8-22-11-14/h4-5,8,11,13,16H,3,6-7,9-10,12H2,1-2H3,(H,23,24,25). The zero-order chi connectivity index (χ0) is 19.1. The molecule has 146 valence electrons. The van der Waals surface area contributed by atoms with Gasteiger partial charge in [-0.05, 0) is 50.9 Å². The topological polar surface area (TPSA) is 63.2 Å². The number of morpholine rings is 1. The molecule has 0 radical (unpaired) electrons. The van der Waals surface area contributed by atoms with E-state index in [0.717, 1.165) is 54.6 Å². The van der Waals surface area contributed by atoms with Crippen molar-refractivity contribution in [3.63, 3.8) is 0 Å². The van der Waals surface area contributed by atoms with Crippen LogP contribution in [0.4, 0.5) is 5.82 Å². The van der Waals surface area contributed by atoms with Crippen LogP contribution in [-0.2, 0) is 17.6 Å². The first kappa shape index (κ1) is 18.0. The van der Waals surface area contributed by atoms with E-state index in [1.165, 1.54) is 22.2 Å². The summed E-state index contributed by atoms with van der Waals surface area (Å²) in [4.78, 5) is 19.0. The first-order valence-electron chi connectivity index (χ1n) is 9.98. The molecule has 0 bridgehead atoms. The van der Waals surface area contributed by atoms with Gasteiger partial charge in [0, 0.05) is 35.9 Å². The number of nitrogens with one attached hydrogen (secondary N) is 1. The van der Waals surface area contributed by atoms with E-state index in [1.807, 2.05) is 29.7 Å². The van der Waals surface area contributed by atoms with Gasteiger partial charge in [-0.1, -0.05) is 0 Å². The molecule has 0 aromatic carbocycles. The number of rotatable bonds is 4. The third-order valence-electron chi connectivity index (χ3n) is 5.70. The lowest BCUT2D eigenvalue weighted by Crippen LogP contribution is -2.47. The van der Waals surface area contributed by atoms with Gasteiger partial charge in [0.25, 0.3) is 0 Å². The normalized spacial score (nSPS) is 21.0. The van der Waals surface area contributed by atoms with Crippen molar-refractivity contribution >= 4 is 27.4 Å². The van der Waals surface area contributed by atoms with Gasteiger partial charge >= 0.3 is 0 Å². The second-order valence-corrected chi connectivity index (χ2v) is 8.86. The van der Waals surface area contributed by atoms with Crippen LogP contribution in [0.1, 0.15) is 23.8 Å². The fraction of sp³-hybridized carbons (Fsp3) is 0.476. The van der Waals surface area contributed by atoms with E-state index in [0.29, 0.717) is 0 Å². The van der Waals surface area contributed by atoms with Crippen molar-refractivity contribution in [2.45, 2.75) is 38.3 Å². The molecule has 4 heterocycles. The summed E-state index contributed by atoms with van der Waals surface area (Å²) in [6, 6.07) is 4.11. The van der Waals surface area contributed by atoms with Crippen LogP contribution in [0.25, 0.3) is 21.6 Å². The maximum Gasteiger partial charge on any atom is 0.164 e. The maximum absolute atomic E-state index is 6.03. The number of pyridine rings is 1. The van der Waals surface area contributed by atoms with Crippen LogP contribution in [-0.4, -0.2) is 58.7 Å². The third-order valence-corrected chi connectivity index (χ3v) is 6.89. The van der Waals surface area contributed by atoms with E-state index in [1.54, 1.807) is 6.20 Å². The van der Waals surface area contributed by atoms with Crippen LogP contribution in [0.5, 0.6) is 0 Å². The predicted molar refractivity (Wildman–Crippen MR) is 113 cm³/mol. The summed E-state index contributed by atoms with van der Waals surface area (Å²) < 4.78 is 6.03. The first-order valence-corrected chi connectivity index (χ1v) is 10.8. The Hall–Kier alpha value is -2.09. The van der Waals surface area contributed by atoms with Gasteiger partial charge in [-0.2, -0.15) is 0 Å². The molecule has 2 atom stereocenters. The molecule has 1 saturated heterocycles. The summed E-state index contributed by atoms with van der Waals surface area (Å²) in [5, 5.41) is 4.89. The number of nitrogens with zero attached hydrogens (tertiary/aromatic N) is 4. The Morgan fingerprint density at radius 2 is 2.25 bits per heavy atom. The van der Waals surface area contributed by atoms with Crippen molar-refractivity contribution in [3.05, 3.63) is 35.0 Å². The molecule has 1 aliphatic heterocycles. The van der Waals surface area contributed by atoms with Crippen molar-refractivity contribution in [2.24, 2.45) is 0 Å². The Labute approximate surface area is 169 Å². The first-order chi connectivity index (χ1) is 13.7. The zero-order valence-corrected chi connectivity index (χ0v) is 17.1. The van der Waals surface area contributed by atoms with Crippen LogP contribution < -0.4 is 5.32 Å². The Kier molecular flexibility index (Phi) is 4.74. The number of hydrogen-bond acceptors (Lipinski definition) is 7. The molecule has 3 aromatic heterocycles. The molecule has 3 aromatic rings. The van der Waals surface area contributed by atoms with E-state index in [2.05, 4.69) is 29.2 Å². The number of aryl methyl sites for hydroxylation is 2. The molecule has 1 aliphatic carbocycles. The number of thiophene rings is 1. The van der Waals surface area contributed by atoms with Crippen LogP contribution in [0.2, 0.25) is 0 Å². The van der Waals surface area contributed by atoms with Gasteiger partial charge in [0.05, 0.1) is 24.1 Å². The largest absolute Gasteiger partial charge is 0.373 e. The predicted octanol–water partition coefficient (Wildman–Crippen LogP) is 3.37. The fourth-order valence-electron chi connectivity index (χ4n) is 4.15. The van der Waals surface area contributed by atoms with E-state index in [9.17, 15) is 0 Å². The minimum absolute atomic E-state index is 0.150. The highest BCUT2D eigenvalue weighted by atomic mass is 32.1. The molecular weight excluding hydrogens is 370 g/mol. The van der Waals surface area contributed by atoms with Gasteiger partial charge in [0.15, 0.2) is 5.82 Å². The van der Waals surface area contributed by atoms with Crippen LogP contribution in [0.15, 0.2) is 24.5 Å². The van der Waals surface area contributed by atoms with E-state index < -0.39 is 0 Å². The summed E-state index contributed by atoms with van der Waals surface area (Å²) >= 11 is 1.82. The van der Waals surface area contributed by atoms with Crippen LogP contribution in [0.3, 0.4) is 0 Å². The molecule has 0 spiro atoms. The van der Waals surface area contributed by atoms with Crippen molar-refractivity contribution in [1.29, 1.82) is 0 Å². The third kappa shape index (κ3) is 3.27. The van der Waals surface area contributed by atoms with Crippen molar-refractivity contribution < 1.29 is 4.74 Å². The summed E-state index contributed by atoms with van der Waals surface area (Å²) in [5.74, 6) is 1.67. The quantitative estimate of drug-likeness (QED) is 0.731. The lowest BCUT2D eigenvalue weighted by atomic mass is 10.1. The van der Waals surface area contributed by atoms with Gasteiger partial charge in [-0.15, -0.1) is 11.3 Å². The molecule has 1 N–H and O–H groups in total. The highest BCUT2D eigenvalue weighted by molar-refractivity contribution is 7.19. The smallest absolute Gasteiger partial charge is 0.164 e. The minimum Gasteiger partial charge on any atom is -0.373 e. The average molecular weight is 396 g/mol. The fourth-order valence-corrected chi connectivity index (χ4v) is 5.41. The Bertz CT molecular complexity index is 989. The number of fused-ring (bicyclic) bond motifs is 3. The van der Waals surface area contributed by atoms with Gasteiger partial charge in [-0.25, -0.2) is 9.97 Å². The summed E-state index contributed by atoms with van der Waals surface area (Å²) in [5.41, 5.74) is 2.39. The van der Waals surface area contributed by atoms with E-state index >= 15 is 0 Å². The molecule has 0 amide bonds. The van der Waals surface area contributed by atoms with Crippen molar-refractivity contribution in [2.75, 3.05) is 32.1 Å². The number of anilines is 1. The molecule has 2 aliphatic rings. The maximum atomic E-state index is 6.03. The second-order valence-electron chi connectivity index (χ2n) is 7.78. The molecular formula is C21H25N5OS. The summed E-state index contributed by atoms with van der Waals surface area (Å²) in [6.45, 7) is 4.89. The monoisotopic (exact) mass is 395 g/mol. The molecule has 28 heavy (non-hydrogen) atoms. The van der Waals surface area contributed by atoms with Crippen LogP contribution >= 0.6 is 11.3 Å². The van der Waals surface area contributed by atoms with Gasteiger partial charge < -0.3 is 15.0 Å².